The van der Waals surface area contributed by atoms with Gasteiger partial charge in [-0.25, -0.2) is 4.39 Å². The van der Waals surface area contributed by atoms with E-state index in [1.165, 1.54) is 17.0 Å². The quantitative estimate of drug-likeness (QED) is 0.814. The molecule has 0 amide bonds. The van der Waals surface area contributed by atoms with Crippen LogP contribution in [0.15, 0.2) is 35.7 Å². The third-order valence-corrected chi connectivity index (χ3v) is 3.85. The van der Waals surface area contributed by atoms with E-state index < -0.39 is 0 Å². The van der Waals surface area contributed by atoms with E-state index in [-0.39, 0.29) is 11.9 Å². The lowest BCUT2D eigenvalue weighted by molar-refractivity contribution is 0.628. The van der Waals surface area contributed by atoms with Gasteiger partial charge in [0.15, 0.2) is 0 Å². The molecule has 1 nitrogen and oxygen atoms in total. The Bertz CT molecular complexity index is 484. The highest BCUT2D eigenvalue weighted by molar-refractivity contribution is 7.10. The van der Waals surface area contributed by atoms with Gasteiger partial charge in [-0.1, -0.05) is 24.6 Å². The second-order valence-electron chi connectivity index (χ2n) is 3.74. The first-order valence-corrected chi connectivity index (χ1v) is 6.71. The van der Waals surface area contributed by atoms with Crippen molar-refractivity contribution in [2.24, 2.45) is 0 Å². The summed E-state index contributed by atoms with van der Waals surface area (Å²) < 4.78 is 12.9. The topological polar surface area (TPSA) is 12.0 Å². The van der Waals surface area contributed by atoms with Gasteiger partial charge < -0.3 is 5.32 Å². The number of nitrogens with one attached hydrogen (secondary N) is 1. The minimum Gasteiger partial charge on any atom is -0.376 e. The summed E-state index contributed by atoms with van der Waals surface area (Å²) in [6.45, 7) is 2.11. The van der Waals surface area contributed by atoms with Crippen molar-refractivity contribution in [1.29, 1.82) is 0 Å². The van der Waals surface area contributed by atoms with Crippen LogP contribution in [-0.4, -0.2) is 0 Å². The van der Waals surface area contributed by atoms with Gasteiger partial charge in [-0.05, 0) is 36.1 Å². The Morgan fingerprint density at radius 2 is 2.24 bits per heavy atom. The predicted molar refractivity (Wildman–Crippen MR) is 72.4 cm³/mol. The fourth-order valence-corrected chi connectivity index (χ4v) is 2.74. The minimum absolute atomic E-state index is 0.220. The molecule has 2 aromatic rings. The van der Waals surface area contributed by atoms with E-state index in [1.807, 2.05) is 11.4 Å². The lowest BCUT2D eigenvalue weighted by atomic mass is 10.1. The van der Waals surface area contributed by atoms with E-state index in [9.17, 15) is 4.39 Å². The minimum atomic E-state index is -0.315. The van der Waals surface area contributed by atoms with Gasteiger partial charge in [-0.3, -0.25) is 0 Å². The first-order chi connectivity index (χ1) is 8.20. The normalized spacial score (nSPS) is 12.4. The van der Waals surface area contributed by atoms with Crippen LogP contribution in [0.5, 0.6) is 0 Å². The van der Waals surface area contributed by atoms with Gasteiger partial charge >= 0.3 is 0 Å². The van der Waals surface area contributed by atoms with Crippen molar-refractivity contribution in [3.63, 3.8) is 0 Å². The maximum absolute atomic E-state index is 12.9. The smallest absolute Gasteiger partial charge is 0.124 e. The van der Waals surface area contributed by atoms with Gasteiger partial charge in [0.05, 0.1) is 16.8 Å². The summed E-state index contributed by atoms with van der Waals surface area (Å²) in [5, 5.41) is 5.80. The molecular weight excluding hydrogens is 257 g/mol. The maximum atomic E-state index is 12.9. The van der Waals surface area contributed by atoms with Gasteiger partial charge in [-0.2, -0.15) is 0 Å². The summed E-state index contributed by atoms with van der Waals surface area (Å²) >= 11 is 7.70. The molecule has 90 valence electrons. The summed E-state index contributed by atoms with van der Waals surface area (Å²) in [5.74, 6) is -0.315. The molecule has 4 heteroatoms. The molecule has 1 aromatic carbocycles. The molecule has 1 atom stereocenters. The number of halogens is 2. The zero-order valence-corrected chi connectivity index (χ0v) is 11.0. The molecule has 2 rings (SSSR count). The lowest BCUT2D eigenvalue weighted by Gasteiger charge is -2.17. The van der Waals surface area contributed by atoms with Gasteiger partial charge in [0.1, 0.15) is 5.82 Å². The van der Waals surface area contributed by atoms with Crippen LogP contribution in [0.25, 0.3) is 0 Å². The summed E-state index contributed by atoms with van der Waals surface area (Å²) in [5.41, 5.74) is 0.772. The Hall–Kier alpha value is -1.06. The van der Waals surface area contributed by atoms with Crippen molar-refractivity contribution < 1.29 is 4.39 Å². The molecule has 0 aliphatic heterocycles. The molecule has 0 aliphatic carbocycles. The molecule has 0 fully saturated rings. The summed E-state index contributed by atoms with van der Waals surface area (Å²) in [6.07, 6.45) is 0.953. The zero-order chi connectivity index (χ0) is 12.3. The Balaban J connectivity index is 2.19. The summed E-state index contributed by atoms with van der Waals surface area (Å²) in [6, 6.07) is 8.74. The Morgan fingerprint density at radius 1 is 1.41 bits per heavy atom. The monoisotopic (exact) mass is 269 g/mol. The highest BCUT2D eigenvalue weighted by Crippen LogP contribution is 2.30. The number of hydrogen-bond donors (Lipinski definition) is 1. The second-order valence-corrected chi connectivity index (χ2v) is 5.13. The number of benzene rings is 1. The number of thiophene rings is 1. The largest absolute Gasteiger partial charge is 0.376 e. The van der Waals surface area contributed by atoms with E-state index in [2.05, 4.69) is 18.3 Å². The number of rotatable bonds is 4. The third-order valence-electron chi connectivity index (χ3n) is 2.56. The van der Waals surface area contributed by atoms with Crippen LogP contribution < -0.4 is 5.32 Å². The third kappa shape index (κ3) is 2.99. The highest BCUT2D eigenvalue weighted by Gasteiger charge is 2.11. The van der Waals surface area contributed by atoms with Crippen LogP contribution in [0, 0.1) is 5.82 Å². The van der Waals surface area contributed by atoms with E-state index in [0.29, 0.717) is 5.02 Å². The van der Waals surface area contributed by atoms with Crippen molar-refractivity contribution in [2.45, 2.75) is 19.4 Å². The molecule has 1 N–H and O–H groups in total. The van der Waals surface area contributed by atoms with Crippen molar-refractivity contribution in [1.82, 2.24) is 0 Å². The predicted octanol–water partition coefficient (Wildman–Crippen LogP) is 5.10. The van der Waals surface area contributed by atoms with Gasteiger partial charge in [-0.15, -0.1) is 11.3 Å². The molecule has 0 bridgehead atoms. The van der Waals surface area contributed by atoms with E-state index in [1.54, 1.807) is 17.4 Å². The van der Waals surface area contributed by atoms with Crippen LogP contribution in [0.3, 0.4) is 0 Å². The highest BCUT2D eigenvalue weighted by atomic mass is 35.5. The fourth-order valence-electron chi connectivity index (χ4n) is 1.66. The molecule has 0 spiro atoms. The van der Waals surface area contributed by atoms with Crippen molar-refractivity contribution in [2.75, 3.05) is 5.32 Å². The maximum Gasteiger partial charge on any atom is 0.124 e. The standard InChI is InChI=1S/C13H13ClFNS/c1-2-11(13-4-3-7-17-13)16-12-6-5-9(15)8-10(12)14/h3-8,11,16H,2H2,1H3. The molecule has 0 saturated carbocycles. The second kappa shape index (κ2) is 5.52. The molecule has 0 saturated heterocycles. The number of hydrogen-bond acceptors (Lipinski definition) is 2. The van der Waals surface area contributed by atoms with Crippen LogP contribution in [0.4, 0.5) is 10.1 Å². The van der Waals surface area contributed by atoms with Crippen LogP contribution >= 0.6 is 22.9 Å². The summed E-state index contributed by atoms with van der Waals surface area (Å²) in [4.78, 5) is 1.26. The van der Waals surface area contributed by atoms with Gasteiger partial charge in [0.25, 0.3) is 0 Å². The van der Waals surface area contributed by atoms with Crippen LogP contribution in [-0.2, 0) is 0 Å². The van der Waals surface area contributed by atoms with E-state index >= 15 is 0 Å². The molecule has 0 aliphatic rings. The molecular formula is C13H13ClFNS. The lowest BCUT2D eigenvalue weighted by Crippen LogP contribution is -2.08. The first kappa shape index (κ1) is 12.4. The van der Waals surface area contributed by atoms with Crippen molar-refractivity contribution in [3.8, 4) is 0 Å². The molecule has 1 aromatic heterocycles. The average Bonchev–Trinajstić information content (AvgIpc) is 2.81. The SMILES string of the molecule is CCC(Nc1ccc(F)cc1Cl)c1cccs1. The van der Waals surface area contributed by atoms with E-state index in [4.69, 9.17) is 11.6 Å². The van der Waals surface area contributed by atoms with Crippen molar-refractivity contribution >= 4 is 28.6 Å². The van der Waals surface area contributed by atoms with Crippen LogP contribution in [0.1, 0.15) is 24.3 Å². The molecule has 0 radical (unpaired) electrons. The Morgan fingerprint density at radius 3 is 2.82 bits per heavy atom. The molecule has 1 unspecified atom stereocenters. The van der Waals surface area contributed by atoms with Gasteiger partial charge in [0.2, 0.25) is 0 Å². The number of anilines is 1. The first-order valence-electron chi connectivity index (χ1n) is 5.45. The average molecular weight is 270 g/mol. The Kier molecular flexibility index (Phi) is 4.02. The molecule has 17 heavy (non-hydrogen) atoms. The Labute approximate surface area is 109 Å². The van der Waals surface area contributed by atoms with Crippen molar-refractivity contribution in [3.05, 3.63) is 51.4 Å². The fraction of sp³-hybridized carbons (Fsp3) is 0.231. The van der Waals surface area contributed by atoms with Gasteiger partial charge in [0, 0.05) is 4.88 Å². The van der Waals surface area contributed by atoms with Crippen LogP contribution in [0.2, 0.25) is 5.02 Å². The van der Waals surface area contributed by atoms with E-state index in [0.717, 1.165) is 12.1 Å². The zero-order valence-electron chi connectivity index (χ0n) is 9.41. The summed E-state index contributed by atoms with van der Waals surface area (Å²) in [7, 11) is 0. The molecule has 1 heterocycles.